The summed E-state index contributed by atoms with van der Waals surface area (Å²) in [6.45, 7) is 0. The molecule has 2 aromatic rings. The summed E-state index contributed by atoms with van der Waals surface area (Å²) in [7, 11) is 0. The summed E-state index contributed by atoms with van der Waals surface area (Å²) < 4.78 is 39.3. The zero-order chi connectivity index (χ0) is 18.0. The van der Waals surface area contributed by atoms with E-state index in [1.54, 1.807) is 6.07 Å². The van der Waals surface area contributed by atoms with Crippen LogP contribution in [0.2, 0.25) is 0 Å². The third kappa shape index (κ3) is 3.59. The van der Waals surface area contributed by atoms with E-state index < -0.39 is 17.3 Å². The fourth-order valence-corrected chi connectivity index (χ4v) is 4.24. The molecule has 130 valence electrons. The molecule has 1 aliphatic rings. The number of pyridine rings is 1. The zero-order valence-corrected chi connectivity index (χ0v) is 14.1. The van der Waals surface area contributed by atoms with Gasteiger partial charge in [0.05, 0.1) is 10.6 Å². The van der Waals surface area contributed by atoms with E-state index in [9.17, 15) is 23.2 Å². The smallest absolute Gasteiger partial charge is 0.316 e. The minimum Gasteiger partial charge on any atom is -0.316 e. The van der Waals surface area contributed by atoms with Crippen molar-refractivity contribution in [3.8, 4) is 6.07 Å². The van der Waals surface area contributed by atoms with Crippen molar-refractivity contribution in [1.82, 2.24) is 4.98 Å². The van der Waals surface area contributed by atoms with Crippen LogP contribution in [0.1, 0.15) is 40.7 Å². The molecule has 0 saturated heterocycles. The molecule has 0 unspecified atom stereocenters. The van der Waals surface area contributed by atoms with Gasteiger partial charge in [-0.3, -0.25) is 4.79 Å². The summed E-state index contributed by atoms with van der Waals surface area (Å²) in [5.74, 6) is 0.101. The van der Waals surface area contributed by atoms with Crippen LogP contribution in [0, 0.1) is 11.3 Å². The molecular formula is C18H15F3N2OS. The number of hydrogen-bond donors (Lipinski definition) is 1. The molecule has 0 aliphatic heterocycles. The molecule has 1 aliphatic carbocycles. The quantitative estimate of drug-likeness (QED) is 0.820. The number of hydrogen-bond acceptors (Lipinski definition) is 3. The standard InChI is InChI=1S/C18H15F3N2OS/c19-18(20,21)15-8-4-1-5-11(15)10-25-17-13-7-3-2-6-12(13)14(9-22)16(24)23-17/h1,4-5,8H,2-3,6-7,10H2,(H,23,24). The number of thioether (sulfide) groups is 1. The Morgan fingerprint density at radius 2 is 1.84 bits per heavy atom. The number of nitriles is 1. The predicted octanol–water partition coefficient (Wildman–Crippen LogP) is 4.44. The van der Waals surface area contributed by atoms with Gasteiger partial charge >= 0.3 is 6.18 Å². The summed E-state index contributed by atoms with van der Waals surface area (Å²) in [6.07, 6.45) is -1.17. The van der Waals surface area contributed by atoms with Crippen molar-refractivity contribution in [3.05, 3.63) is 62.4 Å². The number of aromatic amines is 1. The second-order valence-corrected chi connectivity index (χ2v) is 6.86. The molecule has 1 N–H and O–H groups in total. The zero-order valence-electron chi connectivity index (χ0n) is 13.2. The molecule has 0 spiro atoms. The lowest BCUT2D eigenvalue weighted by Gasteiger charge is -2.20. The van der Waals surface area contributed by atoms with Gasteiger partial charge in [-0.1, -0.05) is 18.2 Å². The highest BCUT2D eigenvalue weighted by Crippen LogP contribution is 2.36. The van der Waals surface area contributed by atoms with Gasteiger partial charge in [0.2, 0.25) is 0 Å². The van der Waals surface area contributed by atoms with Crippen LogP contribution in [0.15, 0.2) is 34.1 Å². The van der Waals surface area contributed by atoms with Crippen LogP contribution in [-0.4, -0.2) is 4.98 Å². The van der Waals surface area contributed by atoms with Gasteiger partial charge in [0.25, 0.3) is 5.56 Å². The first-order valence-corrected chi connectivity index (χ1v) is 8.86. The van der Waals surface area contributed by atoms with Gasteiger partial charge in [0.1, 0.15) is 11.6 Å². The Labute approximate surface area is 146 Å². The van der Waals surface area contributed by atoms with Crippen molar-refractivity contribution in [2.24, 2.45) is 0 Å². The van der Waals surface area contributed by atoms with E-state index >= 15 is 0 Å². The minimum atomic E-state index is -4.41. The number of alkyl halides is 3. The first-order chi connectivity index (χ1) is 11.9. The highest BCUT2D eigenvalue weighted by atomic mass is 32.2. The number of aromatic nitrogens is 1. The molecule has 3 nitrogen and oxygen atoms in total. The Morgan fingerprint density at radius 3 is 2.52 bits per heavy atom. The van der Waals surface area contributed by atoms with E-state index in [-0.39, 0.29) is 16.9 Å². The van der Waals surface area contributed by atoms with Crippen LogP contribution in [0.3, 0.4) is 0 Å². The van der Waals surface area contributed by atoms with Crippen molar-refractivity contribution in [1.29, 1.82) is 5.26 Å². The van der Waals surface area contributed by atoms with Crippen molar-refractivity contribution in [3.63, 3.8) is 0 Å². The van der Waals surface area contributed by atoms with Gasteiger partial charge in [0, 0.05) is 5.75 Å². The van der Waals surface area contributed by atoms with Crippen LogP contribution in [0.5, 0.6) is 0 Å². The SMILES string of the molecule is N#Cc1c2c(c(SCc3ccccc3C(F)(F)F)[nH]c1=O)CCCC2. The number of fused-ring (bicyclic) bond motifs is 1. The van der Waals surface area contributed by atoms with Gasteiger partial charge < -0.3 is 4.98 Å². The number of rotatable bonds is 3. The van der Waals surface area contributed by atoms with Gasteiger partial charge in [-0.05, 0) is 48.4 Å². The van der Waals surface area contributed by atoms with E-state index in [1.807, 2.05) is 6.07 Å². The lowest BCUT2D eigenvalue weighted by atomic mass is 9.90. The molecule has 0 saturated carbocycles. The third-order valence-electron chi connectivity index (χ3n) is 4.30. The molecule has 0 bridgehead atoms. The average molecular weight is 364 g/mol. The normalized spacial score (nSPS) is 14.0. The number of halogens is 3. The third-order valence-corrected chi connectivity index (χ3v) is 5.40. The Hall–Kier alpha value is -2.20. The average Bonchev–Trinajstić information content (AvgIpc) is 2.59. The van der Waals surface area contributed by atoms with Gasteiger partial charge in [-0.15, -0.1) is 11.8 Å². The lowest BCUT2D eigenvalue weighted by molar-refractivity contribution is -0.138. The summed E-state index contributed by atoms with van der Waals surface area (Å²) in [5.41, 5.74) is 0.840. The van der Waals surface area contributed by atoms with Gasteiger partial charge in [-0.2, -0.15) is 18.4 Å². The molecule has 7 heteroatoms. The van der Waals surface area contributed by atoms with Crippen LogP contribution in [0.25, 0.3) is 0 Å². The Morgan fingerprint density at radius 1 is 1.16 bits per heavy atom. The first-order valence-electron chi connectivity index (χ1n) is 7.88. The van der Waals surface area contributed by atoms with Crippen LogP contribution in [-0.2, 0) is 24.8 Å². The molecule has 1 heterocycles. The van der Waals surface area contributed by atoms with Crippen LogP contribution in [0.4, 0.5) is 13.2 Å². The van der Waals surface area contributed by atoms with Crippen molar-refractivity contribution in [2.45, 2.75) is 42.6 Å². The molecule has 1 aromatic heterocycles. The lowest BCUT2D eigenvalue weighted by Crippen LogP contribution is -2.20. The summed E-state index contributed by atoms with van der Waals surface area (Å²) in [6, 6.07) is 7.40. The second-order valence-electron chi connectivity index (χ2n) is 5.88. The first kappa shape index (κ1) is 17.6. The molecule has 1 aromatic carbocycles. The Bertz CT molecular complexity index is 897. The van der Waals surface area contributed by atoms with Gasteiger partial charge in [-0.25, -0.2) is 0 Å². The van der Waals surface area contributed by atoms with E-state index in [4.69, 9.17) is 0 Å². The molecule has 0 radical (unpaired) electrons. The Balaban J connectivity index is 1.95. The fourth-order valence-electron chi connectivity index (χ4n) is 3.12. The maximum atomic E-state index is 13.1. The van der Waals surface area contributed by atoms with E-state index in [1.165, 1.54) is 23.9 Å². The number of H-pyrrole nitrogens is 1. The molecule has 3 rings (SSSR count). The maximum Gasteiger partial charge on any atom is 0.416 e. The van der Waals surface area contributed by atoms with Crippen molar-refractivity contribution >= 4 is 11.8 Å². The molecule has 25 heavy (non-hydrogen) atoms. The van der Waals surface area contributed by atoms with Crippen molar-refractivity contribution in [2.75, 3.05) is 0 Å². The fraction of sp³-hybridized carbons (Fsp3) is 0.333. The largest absolute Gasteiger partial charge is 0.416 e. The van der Waals surface area contributed by atoms with Crippen molar-refractivity contribution < 1.29 is 13.2 Å². The molecule has 0 atom stereocenters. The Kier molecular flexibility index (Phi) is 4.91. The molecule has 0 fully saturated rings. The number of nitrogens with one attached hydrogen (secondary N) is 1. The minimum absolute atomic E-state index is 0.101. The van der Waals surface area contributed by atoms with Gasteiger partial charge in [0.15, 0.2) is 0 Å². The topological polar surface area (TPSA) is 56.6 Å². The number of benzene rings is 1. The second kappa shape index (κ2) is 6.96. The summed E-state index contributed by atoms with van der Waals surface area (Å²) in [4.78, 5) is 14.8. The highest BCUT2D eigenvalue weighted by Gasteiger charge is 2.33. The summed E-state index contributed by atoms with van der Waals surface area (Å²) >= 11 is 1.19. The van der Waals surface area contributed by atoms with E-state index in [0.717, 1.165) is 36.5 Å². The van der Waals surface area contributed by atoms with Crippen LogP contribution >= 0.6 is 11.8 Å². The monoisotopic (exact) mass is 364 g/mol. The molecule has 0 amide bonds. The number of nitrogens with zero attached hydrogens (tertiary/aromatic N) is 1. The summed E-state index contributed by atoms with van der Waals surface area (Å²) in [5, 5.41) is 9.78. The maximum absolute atomic E-state index is 13.1. The predicted molar refractivity (Wildman–Crippen MR) is 89.4 cm³/mol. The highest BCUT2D eigenvalue weighted by molar-refractivity contribution is 7.98. The van der Waals surface area contributed by atoms with Crippen LogP contribution < -0.4 is 5.56 Å². The van der Waals surface area contributed by atoms with E-state index in [0.29, 0.717) is 11.4 Å². The molecular weight excluding hydrogens is 349 g/mol. The van der Waals surface area contributed by atoms with E-state index in [2.05, 4.69) is 4.98 Å².